The zero-order valence-corrected chi connectivity index (χ0v) is 16.3. The van der Waals surface area contributed by atoms with E-state index in [9.17, 15) is 4.79 Å². The second-order valence-corrected chi connectivity index (χ2v) is 9.55. The third-order valence-corrected chi connectivity index (χ3v) is 8.22. The van der Waals surface area contributed by atoms with Crippen LogP contribution in [0.1, 0.15) is 49.7 Å². The third-order valence-electron chi connectivity index (χ3n) is 6.97. The molecule has 3 saturated heterocycles. The summed E-state index contributed by atoms with van der Waals surface area (Å²) in [6, 6.07) is 0. The van der Waals surface area contributed by atoms with E-state index in [1.54, 1.807) is 11.3 Å². The van der Waals surface area contributed by atoms with E-state index in [1.165, 1.54) is 29.0 Å². The molecule has 6 heterocycles. The Hall–Kier alpha value is -1.99. The van der Waals surface area contributed by atoms with E-state index < -0.39 is 0 Å². The van der Waals surface area contributed by atoms with Gasteiger partial charge in [0.1, 0.15) is 10.5 Å². The van der Waals surface area contributed by atoms with Crippen molar-refractivity contribution >= 4 is 21.6 Å². The second kappa shape index (κ2) is 5.52. The van der Waals surface area contributed by atoms with Gasteiger partial charge in [-0.1, -0.05) is 0 Å². The Morgan fingerprint density at radius 3 is 2.93 bits per heavy atom. The van der Waals surface area contributed by atoms with Gasteiger partial charge < -0.3 is 4.98 Å². The minimum Gasteiger partial charge on any atom is -0.308 e. The van der Waals surface area contributed by atoms with E-state index in [2.05, 4.69) is 27.0 Å². The first kappa shape index (κ1) is 16.0. The van der Waals surface area contributed by atoms with Crippen LogP contribution in [0.4, 0.5) is 0 Å². The summed E-state index contributed by atoms with van der Waals surface area (Å²) in [4.78, 5) is 25.0. The number of nitrogens with one attached hydrogen (secondary N) is 2. The highest BCUT2D eigenvalue weighted by Gasteiger charge is 2.45. The highest BCUT2D eigenvalue weighted by Crippen LogP contribution is 2.45. The van der Waals surface area contributed by atoms with Crippen molar-refractivity contribution in [2.45, 2.75) is 51.0 Å². The number of nitrogens with zero attached hydrogens (tertiary/aromatic N) is 3. The molecule has 2 N–H and O–H groups in total. The van der Waals surface area contributed by atoms with Gasteiger partial charge in [0, 0.05) is 16.1 Å². The molecule has 0 aromatic carbocycles. The molecule has 3 aromatic heterocycles. The van der Waals surface area contributed by atoms with Gasteiger partial charge in [0.15, 0.2) is 0 Å². The van der Waals surface area contributed by atoms with Crippen LogP contribution in [0.15, 0.2) is 11.0 Å². The predicted molar refractivity (Wildman–Crippen MR) is 106 cm³/mol. The number of aryl methyl sites for hydroxylation is 2. The number of fused-ring (bicyclic) bond motifs is 8. The Bertz CT molecular complexity index is 1100. The van der Waals surface area contributed by atoms with Gasteiger partial charge >= 0.3 is 0 Å². The molecule has 27 heavy (non-hydrogen) atoms. The van der Waals surface area contributed by atoms with Crippen LogP contribution in [-0.4, -0.2) is 38.2 Å². The van der Waals surface area contributed by atoms with Crippen LogP contribution in [0.3, 0.4) is 0 Å². The fourth-order valence-corrected chi connectivity index (χ4v) is 6.67. The second-order valence-electron chi connectivity index (χ2n) is 8.53. The van der Waals surface area contributed by atoms with Gasteiger partial charge in [0.25, 0.3) is 5.56 Å². The van der Waals surface area contributed by atoms with E-state index in [-0.39, 0.29) is 11.1 Å². The molecule has 7 heteroatoms. The third kappa shape index (κ3) is 2.18. The molecule has 140 valence electrons. The van der Waals surface area contributed by atoms with Gasteiger partial charge in [-0.15, -0.1) is 11.3 Å². The first-order valence-electron chi connectivity index (χ1n) is 9.97. The normalized spacial score (nSPS) is 29.5. The van der Waals surface area contributed by atoms with Gasteiger partial charge in [-0.25, -0.2) is 4.98 Å². The molecule has 6 nitrogen and oxygen atoms in total. The zero-order chi connectivity index (χ0) is 18.2. The molecule has 1 aliphatic carbocycles. The molecule has 7 rings (SSSR count). The summed E-state index contributed by atoms with van der Waals surface area (Å²) in [5.41, 5.74) is 4.36. The molecule has 0 unspecified atom stereocenters. The Labute approximate surface area is 161 Å². The van der Waals surface area contributed by atoms with Gasteiger partial charge in [0.2, 0.25) is 0 Å². The van der Waals surface area contributed by atoms with Crippen molar-refractivity contribution in [3.05, 3.63) is 33.6 Å². The van der Waals surface area contributed by atoms with Gasteiger partial charge in [-0.2, -0.15) is 5.10 Å². The quantitative estimate of drug-likeness (QED) is 0.679. The molecule has 4 aliphatic rings. The van der Waals surface area contributed by atoms with Crippen molar-refractivity contribution in [1.29, 1.82) is 0 Å². The Balaban J connectivity index is 1.57. The Morgan fingerprint density at radius 1 is 1.30 bits per heavy atom. The van der Waals surface area contributed by atoms with Crippen molar-refractivity contribution in [1.82, 2.24) is 25.1 Å². The van der Waals surface area contributed by atoms with Gasteiger partial charge in [-0.3, -0.25) is 14.8 Å². The largest absolute Gasteiger partial charge is 0.308 e. The molecule has 1 atom stereocenters. The van der Waals surface area contributed by atoms with Crippen LogP contribution < -0.4 is 5.56 Å². The number of piperidine rings is 3. The number of thiophene rings is 1. The van der Waals surface area contributed by atoms with Crippen molar-refractivity contribution in [3.8, 4) is 10.4 Å². The maximum atomic E-state index is 13.0. The Kier molecular flexibility index (Phi) is 3.27. The van der Waals surface area contributed by atoms with Crippen LogP contribution in [0, 0.1) is 5.92 Å². The van der Waals surface area contributed by atoms with E-state index in [0.29, 0.717) is 0 Å². The summed E-state index contributed by atoms with van der Waals surface area (Å²) in [6.45, 7) is 4.49. The number of hydrogen-bond donors (Lipinski definition) is 2. The lowest BCUT2D eigenvalue weighted by Gasteiger charge is -2.51. The highest BCUT2D eigenvalue weighted by molar-refractivity contribution is 7.22. The maximum Gasteiger partial charge on any atom is 0.268 e. The van der Waals surface area contributed by atoms with E-state index in [1.807, 2.05) is 6.20 Å². The lowest BCUT2D eigenvalue weighted by Crippen LogP contribution is -2.55. The van der Waals surface area contributed by atoms with Crippen molar-refractivity contribution in [2.24, 2.45) is 5.92 Å². The van der Waals surface area contributed by atoms with E-state index in [0.717, 1.165) is 66.3 Å². The minimum absolute atomic E-state index is 0.0157. The summed E-state index contributed by atoms with van der Waals surface area (Å²) < 4.78 is 0.761. The summed E-state index contributed by atoms with van der Waals surface area (Å²) in [6.07, 6.45) is 8.58. The molecule has 0 radical (unpaired) electrons. The van der Waals surface area contributed by atoms with Crippen LogP contribution >= 0.6 is 11.3 Å². The lowest BCUT2D eigenvalue weighted by molar-refractivity contribution is -0.0268. The SMILES string of the molecule is C[C@]1(c2nc3c4c(sc3c(=O)[nH]2)-c2cn[nH]c2CCC4)CC2CCN1CC2. The van der Waals surface area contributed by atoms with Gasteiger partial charge in [0.05, 0.1) is 17.3 Å². The average molecular weight is 382 g/mol. The fraction of sp³-hybridized carbons (Fsp3) is 0.550. The summed E-state index contributed by atoms with van der Waals surface area (Å²) >= 11 is 1.58. The van der Waals surface area contributed by atoms with Crippen LogP contribution in [0.2, 0.25) is 0 Å². The predicted octanol–water partition coefficient (Wildman–Crippen LogP) is 3.19. The number of hydrogen-bond acceptors (Lipinski definition) is 5. The smallest absolute Gasteiger partial charge is 0.268 e. The standard InChI is InChI=1S/C20H23N5OS/c1-20(9-11-5-7-25(20)8-6-11)19-22-15-12-3-2-4-14-13(10-21-24-14)16(12)27-17(15)18(26)23-19/h10-11H,2-9H2,1H3,(H,21,24)(H,22,23,26)/t20-/m1/s1. The highest BCUT2D eigenvalue weighted by atomic mass is 32.1. The molecule has 3 aromatic rings. The molecule has 3 fully saturated rings. The minimum atomic E-state index is -0.144. The molecular weight excluding hydrogens is 358 g/mol. The number of aromatic nitrogens is 4. The first-order valence-corrected chi connectivity index (χ1v) is 10.8. The molecule has 0 amide bonds. The van der Waals surface area contributed by atoms with E-state index in [4.69, 9.17) is 4.98 Å². The van der Waals surface area contributed by atoms with Crippen molar-refractivity contribution in [3.63, 3.8) is 0 Å². The van der Waals surface area contributed by atoms with Crippen LogP contribution in [-0.2, 0) is 18.4 Å². The molecule has 3 aliphatic heterocycles. The molecule has 0 saturated carbocycles. The summed E-state index contributed by atoms with van der Waals surface area (Å²) in [5.74, 6) is 1.62. The van der Waals surface area contributed by atoms with E-state index >= 15 is 0 Å². The van der Waals surface area contributed by atoms with Gasteiger partial charge in [-0.05, 0) is 70.0 Å². The summed E-state index contributed by atoms with van der Waals surface area (Å²) in [5, 5.41) is 7.36. The number of rotatable bonds is 1. The van der Waals surface area contributed by atoms with Crippen molar-refractivity contribution in [2.75, 3.05) is 13.1 Å². The molecular formula is C20H23N5OS. The zero-order valence-electron chi connectivity index (χ0n) is 15.5. The Morgan fingerprint density at radius 2 is 2.15 bits per heavy atom. The number of H-pyrrole nitrogens is 2. The number of aromatic amines is 2. The summed E-state index contributed by atoms with van der Waals surface area (Å²) in [7, 11) is 0. The van der Waals surface area contributed by atoms with Crippen LogP contribution in [0.25, 0.3) is 20.7 Å². The van der Waals surface area contributed by atoms with Crippen LogP contribution in [0.5, 0.6) is 0 Å². The molecule has 2 bridgehead atoms. The molecule has 0 spiro atoms. The topological polar surface area (TPSA) is 77.7 Å². The fourth-order valence-electron chi connectivity index (χ4n) is 5.45. The monoisotopic (exact) mass is 381 g/mol. The maximum absolute atomic E-state index is 13.0. The lowest BCUT2D eigenvalue weighted by atomic mass is 9.75. The average Bonchev–Trinajstić information content (AvgIpc) is 3.24. The first-order chi connectivity index (χ1) is 13.1. The van der Waals surface area contributed by atoms with Crippen molar-refractivity contribution < 1.29 is 0 Å².